The summed E-state index contributed by atoms with van der Waals surface area (Å²) in [5.41, 5.74) is 3.14. The summed E-state index contributed by atoms with van der Waals surface area (Å²) < 4.78 is 5.34. The van der Waals surface area contributed by atoms with Crippen LogP contribution in [0.15, 0.2) is 48.5 Å². The third kappa shape index (κ3) is 6.85. The number of carbonyl (C=O) groups excluding carboxylic acids is 1. The zero-order valence-electron chi connectivity index (χ0n) is 14.8. The van der Waals surface area contributed by atoms with Gasteiger partial charge in [0.1, 0.15) is 12.4 Å². The van der Waals surface area contributed by atoms with E-state index in [1.54, 1.807) is 0 Å². The van der Waals surface area contributed by atoms with Crippen molar-refractivity contribution in [3.8, 4) is 5.75 Å². The van der Waals surface area contributed by atoms with Crippen molar-refractivity contribution in [1.82, 2.24) is 5.32 Å². The van der Waals surface area contributed by atoms with Gasteiger partial charge in [0.05, 0.1) is 13.0 Å². The lowest BCUT2D eigenvalue weighted by Crippen LogP contribution is -2.31. The number of anilines is 1. The van der Waals surface area contributed by atoms with Crippen molar-refractivity contribution in [2.75, 3.05) is 18.5 Å². The second-order valence-electron chi connectivity index (χ2n) is 6.17. The first-order chi connectivity index (χ1) is 12.1. The van der Waals surface area contributed by atoms with Gasteiger partial charge in [-0.25, -0.2) is 0 Å². The maximum atomic E-state index is 11.8. The van der Waals surface area contributed by atoms with E-state index >= 15 is 0 Å². The van der Waals surface area contributed by atoms with Crippen molar-refractivity contribution in [3.63, 3.8) is 0 Å². The maximum Gasteiger partial charge on any atom is 0.224 e. The van der Waals surface area contributed by atoms with E-state index in [1.807, 2.05) is 62.4 Å². The van der Waals surface area contributed by atoms with E-state index in [2.05, 4.69) is 10.6 Å². The van der Waals surface area contributed by atoms with Crippen LogP contribution in [0.25, 0.3) is 0 Å². The Morgan fingerprint density at radius 1 is 1.04 bits per heavy atom. The van der Waals surface area contributed by atoms with Crippen molar-refractivity contribution in [1.29, 1.82) is 0 Å². The van der Waals surface area contributed by atoms with Crippen LogP contribution in [0.3, 0.4) is 0 Å². The molecule has 1 amide bonds. The van der Waals surface area contributed by atoms with Crippen LogP contribution in [0.2, 0.25) is 0 Å². The van der Waals surface area contributed by atoms with Gasteiger partial charge >= 0.3 is 0 Å². The molecule has 0 aromatic heterocycles. The predicted octanol–water partition coefficient (Wildman–Crippen LogP) is 2.74. The van der Waals surface area contributed by atoms with Gasteiger partial charge in [-0.15, -0.1) is 0 Å². The molecule has 0 saturated carbocycles. The van der Waals surface area contributed by atoms with Crippen molar-refractivity contribution >= 4 is 11.6 Å². The van der Waals surface area contributed by atoms with Crippen LogP contribution in [0.4, 0.5) is 5.69 Å². The molecule has 0 unspecified atom stereocenters. The Morgan fingerprint density at radius 3 is 2.28 bits per heavy atom. The Morgan fingerprint density at radius 2 is 1.68 bits per heavy atom. The van der Waals surface area contributed by atoms with Gasteiger partial charge in [0, 0.05) is 18.3 Å². The van der Waals surface area contributed by atoms with Crippen LogP contribution in [-0.2, 0) is 17.8 Å². The van der Waals surface area contributed by atoms with Gasteiger partial charge in [-0.3, -0.25) is 4.79 Å². The third-order valence-electron chi connectivity index (χ3n) is 3.55. The number of amides is 1. The Hall–Kier alpha value is -2.53. The fourth-order valence-electron chi connectivity index (χ4n) is 2.37. The molecule has 5 nitrogen and oxygen atoms in total. The second kappa shape index (κ2) is 9.69. The first-order valence-electron chi connectivity index (χ1n) is 8.51. The van der Waals surface area contributed by atoms with Gasteiger partial charge in [-0.2, -0.15) is 0 Å². The lowest BCUT2D eigenvalue weighted by molar-refractivity contribution is -0.120. The maximum absolute atomic E-state index is 11.8. The summed E-state index contributed by atoms with van der Waals surface area (Å²) in [5.74, 6) is 0.793. The molecular formula is C20H26N2O3. The average Bonchev–Trinajstić information content (AvgIpc) is 2.59. The molecule has 0 spiro atoms. The largest absolute Gasteiger partial charge is 0.491 e. The van der Waals surface area contributed by atoms with Gasteiger partial charge < -0.3 is 20.5 Å². The van der Waals surface area contributed by atoms with E-state index < -0.39 is 0 Å². The molecule has 134 valence electrons. The van der Waals surface area contributed by atoms with Crippen LogP contribution in [0.5, 0.6) is 5.75 Å². The monoisotopic (exact) mass is 342 g/mol. The molecule has 0 saturated heterocycles. The zero-order chi connectivity index (χ0) is 18.1. The molecule has 2 rings (SSSR count). The molecule has 0 bridgehead atoms. The molecule has 5 heteroatoms. The van der Waals surface area contributed by atoms with Gasteiger partial charge in [0.2, 0.25) is 5.91 Å². The van der Waals surface area contributed by atoms with E-state index in [4.69, 9.17) is 9.84 Å². The minimum absolute atomic E-state index is 0.0123. The first kappa shape index (κ1) is 18.8. The Balaban J connectivity index is 1.82. The Kier molecular flexibility index (Phi) is 7.29. The zero-order valence-corrected chi connectivity index (χ0v) is 14.8. The summed E-state index contributed by atoms with van der Waals surface area (Å²) in [7, 11) is 0. The summed E-state index contributed by atoms with van der Waals surface area (Å²) in [5, 5.41) is 15.0. The molecule has 0 fully saturated rings. The lowest BCUT2D eigenvalue weighted by atomic mass is 10.1. The number of nitrogens with one attached hydrogen (secondary N) is 2. The Bertz CT molecular complexity index is 652. The average molecular weight is 342 g/mol. The van der Waals surface area contributed by atoms with Crippen LogP contribution in [0, 0.1) is 0 Å². The molecule has 25 heavy (non-hydrogen) atoms. The molecule has 0 aliphatic rings. The van der Waals surface area contributed by atoms with Gasteiger partial charge in [-0.1, -0.05) is 24.3 Å². The van der Waals surface area contributed by atoms with Gasteiger partial charge in [-0.05, 0) is 49.2 Å². The van der Waals surface area contributed by atoms with Crippen molar-refractivity contribution < 1.29 is 14.6 Å². The molecular weight excluding hydrogens is 316 g/mol. The van der Waals surface area contributed by atoms with Gasteiger partial charge in [0.25, 0.3) is 0 Å². The molecule has 0 aliphatic carbocycles. The topological polar surface area (TPSA) is 70.6 Å². The molecule has 2 aromatic rings. The SMILES string of the molecule is CC(C)NC(=O)Cc1ccc(NCc2ccc(OCCO)cc2)cc1. The minimum Gasteiger partial charge on any atom is -0.491 e. The number of hydrogen-bond donors (Lipinski definition) is 3. The van der Waals surface area contributed by atoms with E-state index in [0.29, 0.717) is 19.6 Å². The van der Waals surface area contributed by atoms with E-state index in [0.717, 1.165) is 22.6 Å². The first-order valence-corrected chi connectivity index (χ1v) is 8.51. The fraction of sp³-hybridized carbons (Fsp3) is 0.350. The van der Waals surface area contributed by atoms with Crippen LogP contribution >= 0.6 is 0 Å². The van der Waals surface area contributed by atoms with Crippen molar-refractivity contribution in [3.05, 3.63) is 59.7 Å². The molecule has 0 atom stereocenters. The minimum atomic E-state index is 0.0123. The van der Waals surface area contributed by atoms with Crippen molar-refractivity contribution in [2.24, 2.45) is 0 Å². The van der Waals surface area contributed by atoms with Crippen LogP contribution in [-0.4, -0.2) is 30.3 Å². The summed E-state index contributed by atoms with van der Waals surface area (Å²) in [6.45, 7) is 4.93. The molecule has 3 N–H and O–H groups in total. The van der Waals surface area contributed by atoms with Gasteiger partial charge in [0.15, 0.2) is 0 Å². The van der Waals surface area contributed by atoms with Crippen LogP contribution in [0.1, 0.15) is 25.0 Å². The number of ether oxygens (including phenoxy) is 1. The van der Waals surface area contributed by atoms with E-state index in [-0.39, 0.29) is 18.6 Å². The summed E-state index contributed by atoms with van der Waals surface area (Å²) in [4.78, 5) is 11.8. The molecule has 0 aliphatic heterocycles. The Labute approximate surface area is 149 Å². The standard InChI is InChI=1S/C20H26N2O3/c1-15(2)22-20(24)13-16-3-7-18(8-4-16)21-14-17-5-9-19(10-6-17)25-12-11-23/h3-10,15,21,23H,11-14H2,1-2H3,(H,22,24). The lowest BCUT2D eigenvalue weighted by Gasteiger charge is -2.10. The fourth-order valence-corrected chi connectivity index (χ4v) is 2.37. The van der Waals surface area contributed by atoms with Crippen LogP contribution < -0.4 is 15.4 Å². The quantitative estimate of drug-likeness (QED) is 0.655. The summed E-state index contributed by atoms with van der Waals surface area (Å²) >= 11 is 0. The highest BCUT2D eigenvalue weighted by Crippen LogP contribution is 2.15. The highest BCUT2D eigenvalue weighted by atomic mass is 16.5. The summed E-state index contributed by atoms with van der Waals surface area (Å²) in [6.07, 6.45) is 0.397. The predicted molar refractivity (Wildman–Crippen MR) is 99.8 cm³/mol. The highest BCUT2D eigenvalue weighted by Gasteiger charge is 2.04. The molecule has 2 aromatic carbocycles. The second-order valence-corrected chi connectivity index (χ2v) is 6.17. The number of aliphatic hydroxyl groups excluding tert-OH is 1. The number of aliphatic hydroxyl groups is 1. The summed E-state index contributed by atoms with van der Waals surface area (Å²) in [6, 6.07) is 15.8. The normalized spacial score (nSPS) is 10.6. The number of carbonyl (C=O) groups is 1. The smallest absolute Gasteiger partial charge is 0.224 e. The van der Waals surface area contributed by atoms with Crippen molar-refractivity contribution in [2.45, 2.75) is 32.9 Å². The van der Waals surface area contributed by atoms with E-state index in [9.17, 15) is 4.79 Å². The highest BCUT2D eigenvalue weighted by molar-refractivity contribution is 5.78. The third-order valence-corrected chi connectivity index (χ3v) is 3.55. The van der Waals surface area contributed by atoms with E-state index in [1.165, 1.54) is 0 Å². The molecule has 0 radical (unpaired) electrons. The number of rotatable bonds is 9. The molecule has 0 heterocycles. The number of benzene rings is 2. The number of hydrogen-bond acceptors (Lipinski definition) is 4.